The fraction of sp³-hybridized carbons (Fsp3) is 0.600. The zero-order chi connectivity index (χ0) is 15.5. The molecule has 0 saturated heterocycles. The SMILES string of the molecule is CCOP(=O)(CC1(C)Cc2c(OC)cccc2O1)OCC. The molecular formula is C15H23O5P. The lowest BCUT2D eigenvalue weighted by molar-refractivity contribution is 0.124. The molecule has 6 heteroatoms. The summed E-state index contributed by atoms with van der Waals surface area (Å²) in [7, 11) is -1.52. The first-order chi connectivity index (χ1) is 9.95. The van der Waals surface area contributed by atoms with Gasteiger partial charge in [0.15, 0.2) is 0 Å². The first kappa shape index (κ1) is 16.3. The van der Waals surface area contributed by atoms with E-state index in [-0.39, 0.29) is 6.16 Å². The van der Waals surface area contributed by atoms with Crippen molar-refractivity contribution in [3.05, 3.63) is 23.8 Å². The molecule has 0 radical (unpaired) electrons. The molecule has 1 atom stereocenters. The molecule has 0 fully saturated rings. The summed E-state index contributed by atoms with van der Waals surface area (Å²) >= 11 is 0. The van der Waals surface area contributed by atoms with Gasteiger partial charge in [-0.2, -0.15) is 0 Å². The Bertz CT molecular complexity index is 535. The highest BCUT2D eigenvalue weighted by Crippen LogP contribution is 2.54. The lowest BCUT2D eigenvalue weighted by Gasteiger charge is -2.28. The van der Waals surface area contributed by atoms with Gasteiger partial charge < -0.3 is 18.5 Å². The van der Waals surface area contributed by atoms with Crippen molar-refractivity contribution in [2.75, 3.05) is 26.5 Å². The average Bonchev–Trinajstić information content (AvgIpc) is 2.73. The molecule has 21 heavy (non-hydrogen) atoms. The first-order valence-corrected chi connectivity index (χ1v) is 8.91. The predicted molar refractivity (Wildman–Crippen MR) is 81.5 cm³/mol. The summed E-state index contributed by atoms with van der Waals surface area (Å²) in [5.41, 5.74) is 0.388. The summed E-state index contributed by atoms with van der Waals surface area (Å²) < 4.78 is 34.9. The topological polar surface area (TPSA) is 54.0 Å². The van der Waals surface area contributed by atoms with Crippen molar-refractivity contribution in [3.63, 3.8) is 0 Å². The number of hydrogen-bond donors (Lipinski definition) is 0. The molecule has 2 rings (SSSR count). The maximum Gasteiger partial charge on any atom is 0.334 e. The molecule has 1 aromatic carbocycles. The normalized spacial score (nSPS) is 21.0. The van der Waals surface area contributed by atoms with Crippen molar-refractivity contribution in [3.8, 4) is 11.5 Å². The highest BCUT2D eigenvalue weighted by Gasteiger charge is 2.43. The smallest absolute Gasteiger partial charge is 0.334 e. The Balaban J connectivity index is 2.20. The van der Waals surface area contributed by atoms with Crippen LogP contribution in [-0.4, -0.2) is 32.1 Å². The zero-order valence-electron chi connectivity index (χ0n) is 13.0. The van der Waals surface area contributed by atoms with Gasteiger partial charge in [0, 0.05) is 12.0 Å². The molecule has 0 spiro atoms. The standard InChI is InChI=1S/C15H23O5P/c1-5-18-21(16,19-6-2)11-15(3)10-12-13(17-4)8-7-9-14(12)20-15/h7-9H,5-6,10-11H2,1-4H3. The lowest BCUT2D eigenvalue weighted by atomic mass is 10.0. The molecule has 0 amide bonds. The Hall–Kier alpha value is -1.03. The van der Waals surface area contributed by atoms with Crippen LogP contribution in [0.4, 0.5) is 0 Å². The monoisotopic (exact) mass is 314 g/mol. The molecule has 1 aromatic rings. The van der Waals surface area contributed by atoms with E-state index in [4.69, 9.17) is 18.5 Å². The van der Waals surface area contributed by atoms with Crippen LogP contribution in [0.3, 0.4) is 0 Å². The van der Waals surface area contributed by atoms with Gasteiger partial charge in [-0.05, 0) is 32.9 Å². The highest BCUT2D eigenvalue weighted by molar-refractivity contribution is 7.53. The summed E-state index contributed by atoms with van der Waals surface area (Å²) in [6.45, 7) is 6.24. The van der Waals surface area contributed by atoms with Gasteiger partial charge in [-0.1, -0.05) is 6.07 Å². The van der Waals surface area contributed by atoms with Crippen molar-refractivity contribution in [2.45, 2.75) is 32.8 Å². The number of fused-ring (bicyclic) bond motifs is 1. The van der Waals surface area contributed by atoms with E-state index in [0.29, 0.717) is 19.6 Å². The zero-order valence-corrected chi connectivity index (χ0v) is 13.9. The average molecular weight is 314 g/mol. The Morgan fingerprint density at radius 2 is 1.95 bits per heavy atom. The molecule has 1 aliphatic rings. The van der Waals surface area contributed by atoms with Gasteiger partial charge in [0.25, 0.3) is 0 Å². The van der Waals surface area contributed by atoms with Gasteiger partial charge in [0.05, 0.1) is 26.5 Å². The second kappa shape index (κ2) is 6.39. The predicted octanol–water partition coefficient (Wildman–Crippen LogP) is 3.65. The van der Waals surface area contributed by atoms with Gasteiger partial charge in [-0.3, -0.25) is 4.57 Å². The summed E-state index contributed by atoms with van der Waals surface area (Å²) in [6.07, 6.45) is 0.843. The van der Waals surface area contributed by atoms with E-state index in [1.807, 2.05) is 25.1 Å². The number of hydrogen-bond acceptors (Lipinski definition) is 5. The molecular weight excluding hydrogens is 291 g/mol. The minimum atomic E-state index is -3.15. The van der Waals surface area contributed by atoms with Crippen LogP contribution in [0, 0.1) is 0 Å². The van der Waals surface area contributed by atoms with Crippen molar-refractivity contribution in [2.24, 2.45) is 0 Å². The van der Waals surface area contributed by atoms with E-state index in [9.17, 15) is 4.57 Å². The minimum absolute atomic E-state index is 0.222. The van der Waals surface area contributed by atoms with Gasteiger partial charge in [-0.15, -0.1) is 0 Å². The second-order valence-corrected chi connectivity index (χ2v) is 7.32. The number of benzene rings is 1. The third kappa shape index (κ3) is 3.60. The van der Waals surface area contributed by atoms with Gasteiger partial charge in [0.2, 0.25) is 0 Å². The summed E-state index contributed by atoms with van der Waals surface area (Å²) in [5.74, 6) is 1.57. The van der Waals surface area contributed by atoms with Crippen molar-refractivity contribution < 1.29 is 23.1 Å². The van der Waals surface area contributed by atoms with Crippen LogP contribution in [0.1, 0.15) is 26.3 Å². The number of methoxy groups -OCH3 is 1. The van der Waals surface area contributed by atoms with Crippen LogP contribution in [0.5, 0.6) is 11.5 Å². The largest absolute Gasteiger partial charge is 0.496 e. The van der Waals surface area contributed by atoms with E-state index in [2.05, 4.69) is 0 Å². The van der Waals surface area contributed by atoms with Crippen LogP contribution in [0.15, 0.2) is 18.2 Å². The molecule has 0 aromatic heterocycles. The quantitative estimate of drug-likeness (QED) is 0.719. The van der Waals surface area contributed by atoms with E-state index < -0.39 is 13.2 Å². The fourth-order valence-corrected chi connectivity index (χ4v) is 4.74. The fourth-order valence-electron chi connectivity index (χ4n) is 2.70. The molecule has 0 N–H and O–H groups in total. The molecule has 1 unspecified atom stereocenters. The number of ether oxygens (including phenoxy) is 2. The summed E-state index contributed by atoms with van der Waals surface area (Å²) in [5, 5.41) is 0. The Morgan fingerprint density at radius 1 is 1.29 bits per heavy atom. The van der Waals surface area contributed by atoms with E-state index in [0.717, 1.165) is 17.1 Å². The summed E-state index contributed by atoms with van der Waals surface area (Å²) in [6, 6.07) is 5.68. The minimum Gasteiger partial charge on any atom is -0.496 e. The molecule has 118 valence electrons. The van der Waals surface area contributed by atoms with Crippen molar-refractivity contribution in [1.29, 1.82) is 0 Å². The maximum absolute atomic E-state index is 12.7. The third-order valence-corrected chi connectivity index (χ3v) is 5.76. The van der Waals surface area contributed by atoms with Gasteiger partial charge >= 0.3 is 7.60 Å². The molecule has 1 aliphatic heterocycles. The number of rotatable bonds is 7. The van der Waals surface area contributed by atoms with Crippen molar-refractivity contribution >= 4 is 7.60 Å². The molecule has 1 heterocycles. The van der Waals surface area contributed by atoms with Crippen LogP contribution in [0.2, 0.25) is 0 Å². The molecule has 0 bridgehead atoms. The molecule has 0 aliphatic carbocycles. The van der Waals surface area contributed by atoms with Crippen LogP contribution >= 0.6 is 7.60 Å². The summed E-state index contributed by atoms with van der Waals surface area (Å²) in [4.78, 5) is 0. The van der Waals surface area contributed by atoms with E-state index >= 15 is 0 Å². The van der Waals surface area contributed by atoms with E-state index in [1.54, 1.807) is 21.0 Å². The van der Waals surface area contributed by atoms with Gasteiger partial charge in [-0.25, -0.2) is 0 Å². The second-order valence-electron chi connectivity index (χ2n) is 5.27. The Morgan fingerprint density at radius 3 is 2.52 bits per heavy atom. The van der Waals surface area contributed by atoms with Gasteiger partial charge in [0.1, 0.15) is 17.1 Å². The molecule has 0 saturated carbocycles. The van der Waals surface area contributed by atoms with Crippen LogP contribution < -0.4 is 9.47 Å². The van der Waals surface area contributed by atoms with E-state index in [1.165, 1.54) is 0 Å². The maximum atomic E-state index is 12.7. The molecule has 5 nitrogen and oxygen atoms in total. The van der Waals surface area contributed by atoms with Crippen LogP contribution in [0.25, 0.3) is 0 Å². The third-order valence-electron chi connectivity index (χ3n) is 3.40. The lowest BCUT2D eigenvalue weighted by Crippen LogP contribution is -2.35. The Kier molecular flexibility index (Phi) is 4.97. The van der Waals surface area contributed by atoms with Crippen molar-refractivity contribution in [1.82, 2.24) is 0 Å². The van der Waals surface area contributed by atoms with Crippen LogP contribution in [-0.2, 0) is 20.0 Å². The first-order valence-electron chi connectivity index (χ1n) is 7.18. The highest BCUT2D eigenvalue weighted by atomic mass is 31.2. The Labute approximate surface area is 126 Å².